The van der Waals surface area contributed by atoms with Crippen molar-refractivity contribution in [3.05, 3.63) is 41.5 Å². The molecule has 0 unspecified atom stereocenters. The van der Waals surface area contributed by atoms with Gasteiger partial charge in [0.25, 0.3) is 5.91 Å². The van der Waals surface area contributed by atoms with E-state index >= 15 is 0 Å². The zero-order valence-electron chi connectivity index (χ0n) is 22.0. The van der Waals surface area contributed by atoms with E-state index in [0.29, 0.717) is 0 Å². The van der Waals surface area contributed by atoms with Gasteiger partial charge in [0, 0.05) is 19.0 Å². The molecule has 0 aliphatic heterocycles. The van der Waals surface area contributed by atoms with Crippen LogP contribution in [0.4, 0.5) is 22.0 Å². The van der Waals surface area contributed by atoms with E-state index in [-0.39, 0.29) is 60.7 Å². The van der Waals surface area contributed by atoms with Crippen LogP contribution in [0.15, 0.2) is 24.4 Å². The summed E-state index contributed by atoms with van der Waals surface area (Å²) in [6.45, 7) is 0.127. The van der Waals surface area contributed by atoms with Crippen LogP contribution in [-0.2, 0) is 16.3 Å². The average Bonchev–Trinajstić information content (AvgIpc) is 3.17. The summed E-state index contributed by atoms with van der Waals surface area (Å²) in [6.07, 6.45) is -1.67. The number of aryl methyl sites for hydroxylation is 1. The van der Waals surface area contributed by atoms with Crippen LogP contribution in [0.1, 0.15) is 61.4 Å². The standard InChI is InChI=1S/C25H32F5N3O5S/c1-15-32-18(21(34)31-14-24(35)9-7-17(8-10-24)39(4,36)37)13-33(15)19-6-5-16(11-20(19)38-22(26)27)12-23(2,3)25(28,29)30/h5-6,11,13,17,22,35H,7-10,12,14H2,1-4H3,(H,31,34). The quantitative estimate of drug-likeness (QED) is 0.426. The van der Waals surface area contributed by atoms with Gasteiger partial charge in [-0.15, -0.1) is 0 Å². The van der Waals surface area contributed by atoms with E-state index in [0.717, 1.165) is 26.2 Å². The lowest BCUT2D eigenvalue weighted by atomic mass is 9.84. The molecule has 2 N–H and O–H groups in total. The maximum Gasteiger partial charge on any atom is 0.394 e. The lowest BCUT2D eigenvalue weighted by Crippen LogP contribution is -2.47. The molecule has 2 aromatic rings. The molecule has 8 nitrogen and oxygen atoms in total. The van der Waals surface area contributed by atoms with Gasteiger partial charge in [-0.25, -0.2) is 13.4 Å². The number of hydrogen-bond donors (Lipinski definition) is 2. The Bertz CT molecular complexity index is 1300. The number of halogens is 5. The number of ether oxygens (including phenoxy) is 1. The molecule has 0 radical (unpaired) electrons. The number of alkyl halides is 5. The van der Waals surface area contributed by atoms with E-state index in [2.05, 4.69) is 15.0 Å². The predicted molar refractivity (Wildman–Crippen MR) is 133 cm³/mol. The summed E-state index contributed by atoms with van der Waals surface area (Å²) in [4.78, 5) is 16.9. The normalized spacial score (nSPS) is 20.7. The van der Waals surface area contributed by atoms with Crippen molar-refractivity contribution in [2.75, 3.05) is 12.8 Å². The molecular weight excluding hydrogens is 549 g/mol. The Morgan fingerprint density at radius 1 is 1.26 bits per heavy atom. The van der Waals surface area contributed by atoms with E-state index in [1.54, 1.807) is 0 Å². The van der Waals surface area contributed by atoms with E-state index in [4.69, 9.17) is 0 Å². The highest BCUT2D eigenvalue weighted by Gasteiger charge is 2.47. The second kappa shape index (κ2) is 11.0. The van der Waals surface area contributed by atoms with Crippen molar-refractivity contribution in [2.45, 2.75) is 76.5 Å². The summed E-state index contributed by atoms with van der Waals surface area (Å²) in [5, 5.41) is 12.8. The van der Waals surface area contributed by atoms with Crippen molar-refractivity contribution in [1.82, 2.24) is 14.9 Å². The van der Waals surface area contributed by atoms with Gasteiger partial charge in [-0.3, -0.25) is 9.36 Å². The van der Waals surface area contributed by atoms with Crippen LogP contribution < -0.4 is 10.1 Å². The van der Waals surface area contributed by atoms with Crippen LogP contribution in [0.25, 0.3) is 5.69 Å². The summed E-state index contributed by atoms with van der Waals surface area (Å²) in [5.41, 5.74) is -3.31. The summed E-state index contributed by atoms with van der Waals surface area (Å²) in [5.74, 6) is -0.824. The number of carbonyl (C=O) groups is 1. The SMILES string of the molecule is Cc1nc(C(=O)NCC2(O)CCC(S(C)(=O)=O)CC2)cn1-c1ccc(CC(C)(C)C(F)(F)F)cc1OC(F)F. The molecule has 1 saturated carbocycles. The van der Waals surface area contributed by atoms with Crippen LogP contribution >= 0.6 is 0 Å². The monoisotopic (exact) mass is 581 g/mol. The lowest BCUT2D eigenvalue weighted by Gasteiger charge is -2.35. The third kappa shape index (κ3) is 7.47. The minimum atomic E-state index is -4.52. The highest BCUT2D eigenvalue weighted by Crippen LogP contribution is 2.41. The number of aliphatic hydroxyl groups is 1. The number of benzene rings is 1. The number of rotatable bonds is 9. The van der Waals surface area contributed by atoms with E-state index in [1.165, 1.54) is 29.8 Å². The molecule has 3 rings (SSSR count). The van der Waals surface area contributed by atoms with Gasteiger partial charge in [0.1, 0.15) is 27.1 Å². The number of sulfone groups is 1. The van der Waals surface area contributed by atoms with Gasteiger partial charge in [0.15, 0.2) is 0 Å². The summed E-state index contributed by atoms with van der Waals surface area (Å²) in [7, 11) is -3.23. The topological polar surface area (TPSA) is 111 Å². The Labute approximate surface area is 223 Å². The van der Waals surface area contributed by atoms with E-state index in [9.17, 15) is 40.3 Å². The molecule has 14 heteroatoms. The van der Waals surface area contributed by atoms with Gasteiger partial charge in [0.05, 0.1) is 22.0 Å². The van der Waals surface area contributed by atoms with E-state index < -0.39 is 51.2 Å². The number of hydrogen-bond acceptors (Lipinski definition) is 6. The van der Waals surface area contributed by atoms with Gasteiger partial charge >= 0.3 is 12.8 Å². The van der Waals surface area contributed by atoms with E-state index in [1.807, 2.05) is 0 Å². The highest BCUT2D eigenvalue weighted by atomic mass is 32.2. The van der Waals surface area contributed by atoms with Crippen molar-refractivity contribution in [3.8, 4) is 11.4 Å². The molecule has 1 aromatic heterocycles. The second-order valence-electron chi connectivity index (χ2n) is 10.7. The van der Waals surface area contributed by atoms with Crippen molar-refractivity contribution in [1.29, 1.82) is 0 Å². The summed E-state index contributed by atoms with van der Waals surface area (Å²) in [6, 6.07) is 3.79. The van der Waals surface area contributed by atoms with Gasteiger partial charge in [-0.1, -0.05) is 19.9 Å². The molecular formula is C25H32F5N3O5S. The molecule has 0 saturated heterocycles. The highest BCUT2D eigenvalue weighted by molar-refractivity contribution is 7.91. The number of amides is 1. The Morgan fingerprint density at radius 3 is 2.41 bits per heavy atom. The van der Waals surface area contributed by atoms with Crippen molar-refractivity contribution < 1.29 is 45.0 Å². The Balaban J connectivity index is 1.78. The number of nitrogens with zero attached hydrogens (tertiary/aromatic N) is 2. The minimum absolute atomic E-state index is 0.0469. The number of aromatic nitrogens is 2. The molecule has 0 spiro atoms. The van der Waals surface area contributed by atoms with Gasteiger partial charge < -0.3 is 15.2 Å². The van der Waals surface area contributed by atoms with Crippen LogP contribution in [0.5, 0.6) is 5.75 Å². The van der Waals surface area contributed by atoms with Crippen LogP contribution in [0.3, 0.4) is 0 Å². The fraction of sp³-hybridized carbons (Fsp3) is 0.600. The van der Waals surface area contributed by atoms with Gasteiger partial charge in [-0.2, -0.15) is 22.0 Å². The Hall–Kier alpha value is -2.74. The number of carbonyl (C=O) groups excluding carboxylic acids is 1. The zero-order chi connectivity index (χ0) is 29.4. The van der Waals surface area contributed by atoms with Crippen molar-refractivity contribution in [3.63, 3.8) is 0 Å². The average molecular weight is 582 g/mol. The first kappa shape index (κ1) is 30.8. The number of imidazole rings is 1. The first-order chi connectivity index (χ1) is 17.8. The van der Waals surface area contributed by atoms with Crippen LogP contribution in [0.2, 0.25) is 0 Å². The fourth-order valence-electron chi connectivity index (χ4n) is 4.56. The summed E-state index contributed by atoms with van der Waals surface area (Å²) >= 11 is 0. The fourth-order valence-corrected chi connectivity index (χ4v) is 5.66. The molecule has 1 aromatic carbocycles. The summed E-state index contributed by atoms with van der Waals surface area (Å²) < 4.78 is 95.7. The zero-order valence-corrected chi connectivity index (χ0v) is 22.8. The molecule has 39 heavy (non-hydrogen) atoms. The third-order valence-electron chi connectivity index (χ3n) is 7.08. The third-order valence-corrected chi connectivity index (χ3v) is 8.76. The molecule has 0 bridgehead atoms. The molecule has 218 valence electrons. The first-order valence-electron chi connectivity index (χ1n) is 12.2. The maximum atomic E-state index is 13.3. The van der Waals surface area contributed by atoms with Crippen LogP contribution in [0, 0.1) is 12.3 Å². The van der Waals surface area contributed by atoms with Crippen LogP contribution in [-0.4, -0.2) is 65.4 Å². The second-order valence-corrected chi connectivity index (χ2v) is 13.0. The predicted octanol–water partition coefficient (Wildman–Crippen LogP) is 4.36. The largest absolute Gasteiger partial charge is 0.433 e. The number of nitrogens with one attached hydrogen (secondary N) is 1. The molecule has 1 fully saturated rings. The minimum Gasteiger partial charge on any atom is -0.433 e. The van der Waals surface area contributed by atoms with Gasteiger partial charge in [-0.05, 0) is 56.7 Å². The molecule has 1 amide bonds. The van der Waals surface area contributed by atoms with Gasteiger partial charge in [0.2, 0.25) is 0 Å². The lowest BCUT2D eigenvalue weighted by molar-refractivity contribution is -0.211. The Kier molecular flexibility index (Phi) is 8.71. The Morgan fingerprint density at radius 2 is 1.87 bits per heavy atom. The smallest absolute Gasteiger partial charge is 0.394 e. The molecule has 0 atom stereocenters. The molecule has 1 heterocycles. The maximum absolute atomic E-state index is 13.3. The first-order valence-corrected chi connectivity index (χ1v) is 14.2. The van der Waals surface area contributed by atoms with Crippen molar-refractivity contribution >= 4 is 15.7 Å². The molecule has 1 aliphatic rings. The van der Waals surface area contributed by atoms with Crippen molar-refractivity contribution in [2.24, 2.45) is 5.41 Å². The molecule has 1 aliphatic carbocycles.